The molecule has 2 N–H and O–H groups in total. The summed E-state index contributed by atoms with van der Waals surface area (Å²) in [5.74, 6) is -1.62. The summed E-state index contributed by atoms with van der Waals surface area (Å²) < 4.78 is 46.9. The van der Waals surface area contributed by atoms with Gasteiger partial charge >= 0.3 is 6.18 Å². The minimum Gasteiger partial charge on any atom is -0.483 e. The van der Waals surface area contributed by atoms with Gasteiger partial charge in [0.1, 0.15) is 5.75 Å². The van der Waals surface area contributed by atoms with Gasteiger partial charge in [0.15, 0.2) is 6.61 Å². The number of nitrogens with one attached hydrogen (secondary N) is 1. The van der Waals surface area contributed by atoms with Gasteiger partial charge in [-0.05, 0) is 49.3 Å². The summed E-state index contributed by atoms with van der Waals surface area (Å²) >= 11 is 0. The molecule has 1 aromatic carbocycles. The van der Waals surface area contributed by atoms with E-state index in [1.165, 1.54) is 0 Å². The molecular weight excluding hydrogens is 373 g/mol. The van der Waals surface area contributed by atoms with Gasteiger partial charge in [-0.25, -0.2) is 5.01 Å². The average Bonchev–Trinajstić information content (AvgIpc) is 2.94. The molecule has 0 spiro atoms. The first-order chi connectivity index (χ1) is 13.1. The topological polar surface area (TPSA) is 61.8 Å². The number of halogens is 3. The van der Waals surface area contributed by atoms with Crippen LogP contribution >= 0.6 is 0 Å². The largest absolute Gasteiger partial charge is 0.483 e. The Morgan fingerprint density at radius 1 is 1.43 bits per heavy atom. The van der Waals surface area contributed by atoms with Crippen LogP contribution in [0.4, 0.5) is 13.2 Å². The molecule has 0 bridgehead atoms. The van der Waals surface area contributed by atoms with Gasteiger partial charge in [0.25, 0.3) is 11.6 Å². The van der Waals surface area contributed by atoms with E-state index in [0.717, 1.165) is 11.1 Å². The molecule has 1 aliphatic carbocycles. The van der Waals surface area contributed by atoms with Crippen LogP contribution in [0.2, 0.25) is 0 Å². The molecule has 1 aliphatic heterocycles. The molecule has 5 nitrogen and oxygen atoms in total. The van der Waals surface area contributed by atoms with Crippen molar-refractivity contribution in [3.63, 3.8) is 0 Å². The zero-order valence-corrected chi connectivity index (χ0v) is 16.1. The van der Waals surface area contributed by atoms with Gasteiger partial charge in [0.05, 0.1) is 5.92 Å². The molecule has 0 saturated carbocycles. The number of carbonyl (C=O) groups is 1. The number of aryl methyl sites for hydroxylation is 1. The lowest BCUT2D eigenvalue weighted by Gasteiger charge is -2.37. The third kappa shape index (κ3) is 3.45. The zero-order chi connectivity index (χ0) is 20.7. The van der Waals surface area contributed by atoms with Crippen LogP contribution in [0.3, 0.4) is 0 Å². The Hall–Kier alpha value is -2.22. The number of alkyl halides is 3. The van der Waals surface area contributed by atoms with Gasteiger partial charge in [-0.1, -0.05) is 32.1 Å². The van der Waals surface area contributed by atoms with E-state index < -0.39 is 30.3 Å². The molecule has 154 valence electrons. The Morgan fingerprint density at radius 2 is 2.14 bits per heavy atom. The molecule has 0 unspecified atom stereocenters. The summed E-state index contributed by atoms with van der Waals surface area (Å²) in [6.45, 7) is 5.16. The van der Waals surface area contributed by atoms with Crippen molar-refractivity contribution in [2.24, 2.45) is 5.92 Å². The average molecular weight is 398 g/mol. The second-order valence-electron chi connectivity index (χ2n) is 7.69. The molecule has 0 aromatic heterocycles. The minimum absolute atomic E-state index is 0.121. The second-order valence-corrected chi connectivity index (χ2v) is 7.69. The van der Waals surface area contributed by atoms with Gasteiger partial charge in [-0.3, -0.25) is 10.2 Å². The molecule has 1 fully saturated rings. The first kappa shape index (κ1) is 20.5. The Morgan fingerprint density at radius 3 is 2.79 bits per heavy atom. The molecule has 2 atom stereocenters. The number of hydrazine groups is 1. The monoisotopic (exact) mass is 398 g/mol. The highest BCUT2D eigenvalue weighted by Crippen LogP contribution is 2.48. The third-order valence-electron chi connectivity index (χ3n) is 5.31. The number of nitrogens with zero attached hydrogens (tertiary/aromatic N) is 1. The van der Waals surface area contributed by atoms with E-state index in [0.29, 0.717) is 23.6 Å². The van der Waals surface area contributed by atoms with E-state index >= 15 is 0 Å². The molecule has 1 heterocycles. The fourth-order valence-electron chi connectivity index (χ4n) is 3.81. The number of hydrogen-bond acceptors (Lipinski definition) is 4. The van der Waals surface area contributed by atoms with Crippen LogP contribution in [0.15, 0.2) is 30.0 Å². The fraction of sp³-hybridized carbons (Fsp3) is 0.550. The van der Waals surface area contributed by atoms with Crippen molar-refractivity contribution in [1.29, 1.82) is 0 Å². The first-order valence-corrected chi connectivity index (χ1v) is 9.38. The lowest BCUT2D eigenvalue weighted by molar-refractivity contribution is -0.319. The van der Waals surface area contributed by atoms with Crippen molar-refractivity contribution >= 4 is 5.91 Å². The molecule has 2 aliphatic rings. The summed E-state index contributed by atoms with van der Waals surface area (Å²) in [5, 5.41) is 10.8. The number of aliphatic hydroxyl groups is 1. The third-order valence-corrected chi connectivity index (χ3v) is 5.31. The summed E-state index contributed by atoms with van der Waals surface area (Å²) in [6.07, 6.45) is -2.12. The van der Waals surface area contributed by atoms with E-state index in [1.807, 2.05) is 32.9 Å². The Labute approximate surface area is 162 Å². The number of benzene rings is 1. The van der Waals surface area contributed by atoms with E-state index in [4.69, 9.17) is 4.74 Å². The van der Waals surface area contributed by atoms with Crippen molar-refractivity contribution in [1.82, 2.24) is 10.4 Å². The van der Waals surface area contributed by atoms with Gasteiger partial charge in [0.2, 0.25) is 0 Å². The number of allylic oxidation sites excluding steroid dienone is 1. The molecular formula is C20H25F3N2O3. The summed E-state index contributed by atoms with van der Waals surface area (Å²) in [6, 6.07) is 5.53. The standard InChI is InChI=1S/C20H25F3N2O3/c1-12(2)14-9-8-13(3)10-17(14)28-11-18(26)25-19(27,20(21,22)23)15-6-4-5-7-16(15)24-25/h7-10,12,15,24,27H,4-6,11H2,1-3H3/t15-,19-/m1/s1. The van der Waals surface area contributed by atoms with Crippen molar-refractivity contribution in [2.45, 2.75) is 57.9 Å². The minimum atomic E-state index is -5.00. The van der Waals surface area contributed by atoms with Crippen LogP contribution in [0.25, 0.3) is 0 Å². The highest BCUT2D eigenvalue weighted by Gasteiger charge is 2.68. The second kappa shape index (κ2) is 7.31. The smallest absolute Gasteiger partial charge is 0.439 e. The van der Waals surface area contributed by atoms with Gasteiger partial charge in [0, 0.05) is 5.70 Å². The van der Waals surface area contributed by atoms with Gasteiger partial charge < -0.3 is 9.84 Å². The molecule has 0 radical (unpaired) electrons. The van der Waals surface area contributed by atoms with E-state index in [-0.39, 0.29) is 18.0 Å². The van der Waals surface area contributed by atoms with E-state index in [1.54, 1.807) is 12.1 Å². The predicted molar refractivity (Wildman–Crippen MR) is 97.2 cm³/mol. The lowest BCUT2D eigenvalue weighted by Crippen LogP contribution is -2.63. The molecule has 1 aromatic rings. The normalized spacial score (nSPS) is 24.6. The van der Waals surface area contributed by atoms with E-state index in [9.17, 15) is 23.1 Å². The lowest BCUT2D eigenvalue weighted by atomic mass is 9.84. The number of fused-ring (bicyclic) bond motifs is 1. The Bertz CT molecular complexity index is 791. The predicted octanol–water partition coefficient (Wildman–Crippen LogP) is 3.78. The van der Waals surface area contributed by atoms with Crippen LogP contribution in [0, 0.1) is 12.8 Å². The number of amides is 1. The molecule has 3 rings (SSSR count). The number of ether oxygens (including phenoxy) is 1. The van der Waals surface area contributed by atoms with Crippen molar-refractivity contribution in [3.8, 4) is 5.75 Å². The van der Waals surface area contributed by atoms with Crippen LogP contribution in [0.1, 0.15) is 50.2 Å². The van der Waals surface area contributed by atoms with Crippen LogP contribution in [-0.4, -0.2) is 34.5 Å². The van der Waals surface area contributed by atoms with E-state index in [2.05, 4.69) is 5.43 Å². The maximum Gasteiger partial charge on any atom is 0.439 e. The van der Waals surface area contributed by atoms with Crippen LogP contribution in [0.5, 0.6) is 5.75 Å². The van der Waals surface area contributed by atoms with Gasteiger partial charge in [-0.2, -0.15) is 13.2 Å². The Kier molecular flexibility index (Phi) is 5.36. The summed E-state index contributed by atoms with van der Waals surface area (Å²) in [7, 11) is 0. The number of carbonyl (C=O) groups excluding carboxylic acids is 1. The van der Waals surface area contributed by atoms with Gasteiger partial charge in [-0.15, -0.1) is 0 Å². The fourth-order valence-corrected chi connectivity index (χ4v) is 3.81. The van der Waals surface area contributed by atoms with Crippen molar-refractivity contribution < 1.29 is 27.8 Å². The SMILES string of the molecule is Cc1ccc(C(C)C)c(OCC(=O)N2NC3=CCCC[C@H]3[C@@]2(O)C(F)(F)F)c1. The van der Waals surface area contributed by atoms with Crippen molar-refractivity contribution in [3.05, 3.63) is 41.1 Å². The molecule has 1 saturated heterocycles. The zero-order valence-electron chi connectivity index (χ0n) is 16.1. The Balaban J connectivity index is 1.83. The maximum atomic E-state index is 13.8. The first-order valence-electron chi connectivity index (χ1n) is 9.38. The summed E-state index contributed by atoms with van der Waals surface area (Å²) in [5.41, 5.74) is 1.19. The molecule has 8 heteroatoms. The van der Waals surface area contributed by atoms with Crippen LogP contribution in [-0.2, 0) is 4.79 Å². The maximum absolute atomic E-state index is 13.8. The van der Waals surface area contributed by atoms with Crippen LogP contribution < -0.4 is 10.2 Å². The highest BCUT2D eigenvalue weighted by molar-refractivity contribution is 5.79. The number of hydrogen-bond donors (Lipinski definition) is 2. The number of rotatable bonds is 4. The molecule has 28 heavy (non-hydrogen) atoms. The quantitative estimate of drug-likeness (QED) is 0.810. The van der Waals surface area contributed by atoms with Crippen molar-refractivity contribution in [2.75, 3.05) is 6.61 Å². The molecule has 1 amide bonds. The summed E-state index contributed by atoms with van der Waals surface area (Å²) in [4.78, 5) is 12.6. The highest BCUT2D eigenvalue weighted by atomic mass is 19.4.